The van der Waals surface area contributed by atoms with Crippen LogP contribution >= 0.6 is 0 Å². The summed E-state index contributed by atoms with van der Waals surface area (Å²) in [6, 6.07) is 0. The first-order valence-electron chi connectivity index (χ1n) is 5.38. The van der Waals surface area contributed by atoms with Crippen molar-refractivity contribution < 1.29 is 19.5 Å². The number of aromatic carboxylic acids is 1. The Morgan fingerprint density at radius 1 is 1.26 bits per heavy atom. The van der Waals surface area contributed by atoms with Crippen molar-refractivity contribution in [3.8, 4) is 0 Å². The van der Waals surface area contributed by atoms with Gasteiger partial charge in [0.25, 0.3) is 0 Å². The number of hydrogen-bond donors (Lipinski definition) is 1. The van der Waals surface area contributed by atoms with Crippen LogP contribution in [0.1, 0.15) is 10.5 Å². The van der Waals surface area contributed by atoms with E-state index >= 15 is 0 Å². The Kier molecular flexibility index (Phi) is 4.56. The zero-order valence-corrected chi connectivity index (χ0v) is 10.9. The van der Waals surface area contributed by atoms with Crippen molar-refractivity contribution in [3.05, 3.63) is 11.9 Å². The highest BCUT2D eigenvalue weighted by Crippen LogP contribution is 1.95. The van der Waals surface area contributed by atoms with Gasteiger partial charge in [-0.1, -0.05) is 5.21 Å². The van der Waals surface area contributed by atoms with E-state index < -0.39 is 5.97 Å². The third-order valence-electron chi connectivity index (χ3n) is 2.35. The summed E-state index contributed by atoms with van der Waals surface area (Å²) in [5.74, 6) is -1.78. The zero-order valence-electron chi connectivity index (χ0n) is 10.9. The van der Waals surface area contributed by atoms with Crippen LogP contribution < -0.4 is 0 Å². The minimum Gasteiger partial charge on any atom is -0.476 e. The molecule has 0 unspecified atom stereocenters. The first kappa shape index (κ1) is 14.6. The number of likely N-dealkylation sites (N-methyl/N-ethyl adjacent to an activating group) is 2. The van der Waals surface area contributed by atoms with E-state index in [9.17, 15) is 14.4 Å². The molecular weight excluding hydrogens is 254 g/mol. The molecule has 9 heteroatoms. The second-order valence-electron chi connectivity index (χ2n) is 4.14. The highest BCUT2D eigenvalue weighted by molar-refractivity contribution is 5.85. The molecule has 0 atom stereocenters. The van der Waals surface area contributed by atoms with E-state index in [1.165, 1.54) is 16.8 Å². The normalized spacial score (nSPS) is 10.1. The minimum absolute atomic E-state index is 0.0493. The highest BCUT2D eigenvalue weighted by Gasteiger charge is 2.16. The van der Waals surface area contributed by atoms with Crippen LogP contribution in [0.5, 0.6) is 0 Å². The predicted molar refractivity (Wildman–Crippen MR) is 63.3 cm³/mol. The van der Waals surface area contributed by atoms with Crippen LogP contribution in [0, 0.1) is 0 Å². The lowest BCUT2D eigenvalue weighted by molar-refractivity contribution is -0.138. The van der Waals surface area contributed by atoms with Gasteiger partial charge in [-0.2, -0.15) is 0 Å². The van der Waals surface area contributed by atoms with E-state index in [-0.39, 0.29) is 30.6 Å². The summed E-state index contributed by atoms with van der Waals surface area (Å²) in [6.45, 7) is -0.218. The van der Waals surface area contributed by atoms with Gasteiger partial charge in [-0.05, 0) is 0 Å². The summed E-state index contributed by atoms with van der Waals surface area (Å²) < 4.78 is 1.11. The molecule has 0 fully saturated rings. The number of nitrogens with zero attached hydrogens (tertiary/aromatic N) is 5. The topological polar surface area (TPSA) is 109 Å². The molecule has 0 saturated carbocycles. The molecule has 19 heavy (non-hydrogen) atoms. The van der Waals surface area contributed by atoms with Gasteiger partial charge in [0.1, 0.15) is 6.54 Å². The third-order valence-corrected chi connectivity index (χ3v) is 2.35. The molecule has 0 bridgehead atoms. The second kappa shape index (κ2) is 5.94. The molecule has 1 aromatic heterocycles. The highest BCUT2D eigenvalue weighted by atomic mass is 16.4. The number of rotatable bonds is 5. The van der Waals surface area contributed by atoms with Crippen LogP contribution in [-0.2, 0) is 16.1 Å². The van der Waals surface area contributed by atoms with Crippen molar-refractivity contribution in [3.63, 3.8) is 0 Å². The molecular formula is C10H15N5O4. The average Bonchev–Trinajstić information content (AvgIpc) is 2.77. The molecule has 2 amide bonds. The molecule has 1 rings (SSSR count). The van der Waals surface area contributed by atoms with Crippen LogP contribution in [-0.4, -0.2) is 75.4 Å². The summed E-state index contributed by atoms with van der Waals surface area (Å²) in [5.41, 5.74) is -0.236. The van der Waals surface area contributed by atoms with E-state index in [0.29, 0.717) is 0 Å². The average molecular weight is 269 g/mol. The van der Waals surface area contributed by atoms with Crippen molar-refractivity contribution >= 4 is 17.8 Å². The quantitative estimate of drug-likeness (QED) is 0.698. The lowest BCUT2D eigenvalue weighted by atomic mass is 10.4. The van der Waals surface area contributed by atoms with Crippen LogP contribution in [0.3, 0.4) is 0 Å². The number of carbonyl (C=O) groups excluding carboxylic acids is 2. The van der Waals surface area contributed by atoms with Crippen molar-refractivity contribution in [1.82, 2.24) is 24.8 Å². The van der Waals surface area contributed by atoms with Crippen molar-refractivity contribution in [2.24, 2.45) is 0 Å². The Labute approximate surface area is 109 Å². The number of aromatic nitrogens is 3. The predicted octanol–water partition coefficient (Wildman–Crippen LogP) is -1.48. The largest absolute Gasteiger partial charge is 0.476 e. The number of carboxylic acid groups (broad SMARTS) is 1. The Balaban J connectivity index is 2.58. The SMILES string of the molecule is CN(C)C(=O)CN(C)C(=O)Cn1cc(C(=O)O)nn1. The zero-order chi connectivity index (χ0) is 14.6. The molecule has 0 spiro atoms. The van der Waals surface area contributed by atoms with Gasteiger partial charge in [0, 0.05) is 21.1 Å². The number of carbonyl (C=O) groups is 3. The maximum absolute atomic E-state index is 11.8. The fourth-order valence-corrected chi connectivity index (χ4v) is 1.17. The van der Waals surface area contributed by atoms with Gasteiger partial charge in [0.05, 0.1) is 12.7 Å². The van der Waals surface area contributed by atoms with Gasteiger partial charge in [0.15, 0.2) is 5.69 Å². The Morgan fingerprint density at radius 3 is 2.37 bits per heavy atom. The molecule has 104 valence electrons. The fourth-order valence-electron chi connectivity index (χ4n) is 1.17. The maximum atomic E-state index is 11.8. The van der Waals surface area contributed by atoms with Crippen molar-refractivity contribution in [1.29, 1.82) is 0 Å². The maximum Gasteiger partial charge on any atom is 0.358 e. The van der Waals surface area contributed by atoms with Crippen molar-refractivity contribution in [2.75, 3.05) is 27.7 Å². The van der Waals surface area contributed by atoms with Crippen molar-refractivity contribution in [2.45, 2.75) is 6.54 Å². The molecule has 0 saturated heterocycles. The van der Waals surface area contributed by atoms with Crippen LogP contribution in [0.2, 0.25) is 0 Å². The van der Waals surface area contributed by atoms with Crippen LogP contribution in [0.15, 0.2) is 6.20 Å². The first-order chi connectivity index (χ1) is 8.81. The first-order valence-corrected chi connectivity index (χ1v) is 5.38. The van der Waals surface area contributed by atoms with Gasteiger partial charge < -0.3 is 14.9 Å². The molecule has 0 aliphatic rings. The van der Waals surface area contributed by atoms with E-state index in [2.05, 4.69) is 10.3 Å². The van der Waals surface area contributed by atoms with E-state index in [1.807, 2.05) is 0 Å². The summed E-state index contributed by atoms with van der Waals surface area (Å²) in [5, 5.41) is 15.6. The van der Waals surface area contributed by atoms with Gasteiger partial charge in [-0.25, -0.2) is 9.48 Å². The third kappa shape index (κ3) is 4.05. The molecule has 0 aliphatic carbocycles. The van der Waals surface area contributed by atoms with Crippen LogP contribution in [0.25, 0.3) is 0 Å². The summed E-state index contributed by atoms with van der Waals surface area (Å²) in [7, 11) is 4.67. The molecule has 0 aliphatic heterocycles. The van der Waals surface area contributed by atoms with Gasteiger partial charge >= 0.3 is 5.97 Å². The van der Waals surface area contributed by atoms with Gasteiger partial charge in [-0.15, -0.1) is 5.10 Å². The molecule has 0 radical (unpaired) electrons. The molecule has 0 aromatic carbocycles. The fraction of sp³-hybridized carbons (Fsp3) is 0.500. The lowest BCUT2D eigenvalue weighted by Gasteiger charge is -2.18. The number of carboxylic acids is 1. The summed E-state index contributed by atoms with van der Waals surface area (Å²) in [4.78, 5) is 36.4. The van der Waals surface area contributed by atoms with Crippen LogP contribution in [0.4, 0.5) is 0 Å². The Hall–Kier alpha value is -2.45. The standard InChI is InChI=1S/C10H15N5O4/c1-13(2)8(16)5-14(3)9(17)6-15-4-7(10(18)19)11-12-15/h4H,5-6H2,1-3H3,(H,18,19). The minimum atomic E-state index is -1.21. The second-order valence-corrected chi connectivity index (χ2v) is 4.14. The van der Waals surface area contributed by atoms with Gasteiger partial charge in [-0.3, -0.25) is 9.59 Å². The Bertz CT molecular complexity index is 496. The van der Waals surface area contributed by atoms with Gasteiger partial charge in [0.2, 0.25) is 11.8 Å². The van der Waals surface area contributed by atoms with E-state index in [1.54, 1.807) is 14.1 Å². The Morgan fingerprint density at radius 2 is 1.89 bits per heavy atom. The smallest absolute Gasteiger partial charge is 0.358 e. The van der Waals surface area contributed by atoms with E-state index in [0.717, 1.165) is 10.9 Å². The monoisotopic (exact) mass is 269 g/mol. The van der Waals surface area contributed by atoms with E-state index in [4.69, 9.17) is 5.11 Å². The molecule has 9 nitrogen and oxygen atoms in total. The summed E-state index contributed by atoms with van der Waals surface area (Å²) >= 11 is 0. The summed E-state index contributed by atoms with van der Waals surface area (Å²) in [6.07, 6.45) is 1.15. The molecule has 1 aromatic rings. The number of amides is 2. The number of hydrogen-bond acceptors (Lipinski definition) is 5. The molecule has 1 N–H and O–H groups in total. The molecule has 1 heterocycles. The lowest BCUT2D eigenvalue weighted by Crippen LogP contribution is -2.39.